The largest absolute Gasteiger partial charge is 0.471 e. The normalized spacial score (nSPS) is 17.2. The molecular formula is C10H21BrMgO. The summed E-state index contributed by atoms with van der Waals surface area (Å²) in [6.45, 7) is 5.67. The molecule has 1 aliphatic carbocycles. The summed E-state index contributed by atoms with van der Waals surface area (Å²) in [6.07, 6.45) is 7.55. The van der Waals surface area contributed by atoms with Gasteiger partial charge in [-0.3, -0.25) is 0 Å². The fourth-order valence-electron chi connectivity index (χ4n) is 1.55. The van der Waals surface area contributed by atoms with Crippen LogP contribution in [0.5, 0.6) is 0 Å². The van der Waals surface area contributed by atoms with Crippen molar-refractivity contribution in [2.45, 2.75) is 50.0 Å². The smallest absolute Gasteiger partial charge is 0.382 e. The monoisotopic (exact) mass is 260 g/mol. The van der Waals surface area contributed by atoms with Crippen LogP contribution in [0.3, 0.4) is 0 Å². The lowest BCUT2D eigenvalue weighted by atomic mass is 10.00. The van der Waals surface area contributed by atoms with E-state index >= 15 is 0 Å². The Labute approximate surface area is 98.6 Å². The zero-order valence-corrected chi connectivity index (χ0v) is 12.0. The summed E-state index contributed by atoms with van der Waals surface area (Å²) in [5.74, 6) is 0. The molecule has 0 N–H and O–H groups in total. The van der Waals surface area contributed by atoms with Crippen LogP contribution in [0.4, 0.5) is 0 Å². The highest BCUT2D eigenvalue weighted by Gasteiger charge is 2.13. The summed E-state index contributed by atoms with van der Waals surface area (Å²) in [5, 5.41) is 0. The number of hydrogen-bond acceptors (Lipinski definition) is 1. The third-order valence-electron chi connectivity index (χ3n) is 2.35. The van der Waals surface area contributed by atoms with E-state index in [0.717, 1.165) is 17.3 Å². The van der Waals surface area contributed by atoms with Crippen molar-refractivity contribution in [3.05, 3.63) is 0 Å². The Kier molecular flexibility index (Phi) is 12.3. The molecule has 76 valence electrons. The maximum absolute atomic E-state index is 4.83. The van der Waals surface area contributed by atoms with Crippen LogP contribution < -0.4 is 0 Å². The van der Waals surface area contributed by atoms with Crippen LogP contribution >= 0.6 is 12.9 Å². The molecule has 0 aromatic heterocycles. The molecule has 0 radical (unpaired) electrons. The lowest BCUT2D eigenvalue weighted by molar-refractivity contribution is 0.162. The molecule has 1 fully saturated rings. The second kappa shape index (κ2) is 11.3. The molecule has 0 atom stereocenters. The van der Waals surface area contributed by atoms with E-state index in [0.29, 0.717) is 0 Å². The van der Waals surface area contributed by atoms with Gasteiger partial charge in [-0.05, 0) is 13.8 Å². The quantitative estimate of drug-likeness (QED) is 0.702. The fourth-order valence-corrected chi connectivity index (χ4v) is 4.37. The number of ether oxygens (including phenoxy) is 1. The molecule has 0 unspecified atom stereocenters. The van der Waals surface area contributed by atoms with Crippen molar-refractivity contribution < 1.29 is 4.74 Å². The van der Waals surface area contributed by atoms with Crippen molar-refractivity contribution in [2.75, 3.05) is 13.2 Å². The fraction of sp³-hybridized carbons (Fsp3) is 1.00. The zero-order chi connectivity index (χ0) is 9.94. The van der Waals surface area contributed by atoms with E-state index in [1.54, 1.807) is 0 Å². The molecule has 0 aliphatic heterocycles. The van der Waals surface area contributed by atoms with Crippen LogP contribution in [-0.2, 0) is 4.74 Å². The Hall–Kier alpha value is 1.21. The Morgan fingerprint density at radius 2 is 1.69 bits per heavy atom. The molecule has 3 heteroatoms. The standard InChI is InChI=1S/C6H11.C4H10O.BrH.Mg/c1-2-4-6-5-3-1;1-3-5-4-2;;/h1H,2-6H2;3-4H2,1-2H3;1H;/q;;;+1/p-1. The molecule has 0 bridgehead atoms. The summed E-state index contributed by atoms with van der Waals surface area (Å²) in [6, 6.07) is 0. The van der Waals surface area contributed by atoms with E-state index in [1.807, 2.05) is 13.8 Å². The van der Waals surface area contributed by atoms with Gasteiger partial charge in [0.1, 0.15) is 0 Å². The van der Waals surface area contributed by atoms with Gasteiger partial charge in [0.05, 0.1) is 0 Å². The first-order valence-electron chi connectivity index (χ1n) is 5.48. The second-order valence-electron chi connectivity index (χ2n) is 3.44. The Morgan fingerprint density at radius 1 is 1.15 bits per heavy atom. The molecule has 0 spiro atoms. The van der Waals surface area contributed by atoms with E-state index in [9.17, 15) is 0 Å². The molecular weight excluding hydrogens is 240 g/mol. The molecule has 1 nitrogen and oxygen atoms in total. The average molecular weight is 261 g/mol. The Bertz CT molecular complexity index is 92.9. The lowest BCUT2D eigenvalue weighted by Crippen LogP contribution is -2.02. The molecule has 0 heterocycles. The molecule has 0 aromatic carbocycles. The molecule has 0 saturated heterocycles. The van der Waals surface area contributed by atoms with E-state index in [1.165, 1.54) is 32.1 Å². The highest BCUT2D eigenvalue weighted by molar-refractivity contribution is 9.23. The first-order valence-corrected chi connectivity index (χ1v) is 10.2. The predicted molar refractivity (Wildman–Crippen MR) is 63.7 cm³/mol. The van der Waals surface area contributed by atoms with Crippen LogP contribution in [0.1, 0.15) is 46.0 Å². The van der Waals surface area contributed by atoms with Crippen molar-refractivity contribution in [3.8, 4) is 0 Å². The third-order valence-corrected chi connectivity index (χ3v) is 6.35. The molecule has 13 heavy (non-hydrogen) atoms. The number of halogens is 1. The van der Waals surface area contributed by atoms with Gasteiger partial charge >= 0.3 is 18.2 Å². The van der Waals surface area contributed by atoms with Crippen molar-refractivity contribution >= 4 is 31.1 Å². The summed E-state index contributed by atoms with van der Waals surface area (Å²) in [7, 11) is 0. The highest BCUT2D eigenvalue weighted by Crippen LogP contribution is 2.28. The van der Waals surface area contributed by atoms with E-state index in [2.05, 4.69) is 12.9 Å². The summed E-state index contributed by atoms with van der Waals surface area (Å²) >= 11 is 3.83. The van der Waals surface area contributed by atoms with Crippen molar-refractivity contribution in [1.82, 2.24) is 0 Å². The first kappa shape index (κ1) is 14.2. The van der Waals surface area contributed by atoms with Crippen molar-refractivity contribution in [3.63, 3.8) is 0 Å². The van der Waals surface area contributed by atoms with Gasteiger partial charge in [-0.15, -0.1) is 4.05 Å². The van der Waals surface area contributed by atoms with Crippen LogP contribution in [0.2, 0.25) is 4.05 Å². The van der Waals surface area contributed by atoms with Gasteiger partial charge in [-0.1, -0.05) is 32.1 Å². The summed E-state index contributed by atoms with van der Waals surface area (Å²) in [4.78, 5) is 0. The van der Waals surface area contributed by atoms with Gasteiger partial charge in [-0.25, -0.2) is 0 Å². The minimum atomic E-state index is 0.181. The third kappa shape index (κ3) is 9.51. The molecule has 1 aliphatic rings. The van der Waals surface area contributed by atoms with Crippen LogP contribution in [0.25, 0.3) is 0 Å². The SMILES string of the molecule is CCOCC.[Br][Mg][CH]1CCCCC1. The minimum Gasteiger partial charge on any atom is -0.382 e. The van der Waals surface area contributed by atoms with Crippen LogP contribution in [0.15, 0.2) is 0 Å². The van der Waals surface area contributed by atoms with Gasteiger partial charge in [-0.2, -0.15) is 0 Å². The number of rotatable bonds is 3. The van der Waals surface area contributed by atoms with Gasteiger partial charge in [0.25, 0.3) is 0 Å². The average Bonchev–Trinajstić information content (AvgIpc) is 2.21. The minimum absolute atomic E-state index is 0.181. The zero-order valence-electron chi connectivity index (χ0n) is 9.02. The molecule has 0 amide bonds. The van der Waals surface area contributed by atoms with Gasteiger partial charge in [0.15, 0.2) is 0 Å². The second-order valence-corrected chi connectivity index (χ2v) is 6.85. The maximum Gasteiger partial charge on any atom is 0.471 e. The van der Waals surface area contributed by atoms with Crippen molar-refractivity contribution in [2.24, 2.45) is 0 Å². The summed E-state index contributed by atoms with van der Waals surface area (Å²) in [5.41, 5.74) is 0. The highest BCUT2D eigenvalue weighted by atomic mass is 79.9. The van der Waals surface area contributed by atoms with Crippen LogP contribution in [-0.4, -0.2) is 31.4 Å². The molecule has 1 saturated carbocycles. The lowest BCUT2D eigenvalue weighted by Gasteiger charge is -2.18. The summed E-state index contributed by atoms with van der Waals surface area (Å²) < 4.78 is 5.98. The Morgan fingerprint density at radius 3 is 1.92 bits per heavy atom. The van der Waals surface area contributed by atoms with E-state index < -0.39 is 0 Å². The first-order chi connectivity index (χ1) is 6.35. The van der Waals surface area contributed by atoms with Crippen LogP contribution in [0, 0.1) is 0 Å². The Balaban J connectivity index is 0.000000252. The van der Waals surface area contributed by atoms with Gasteiger partial charge in [0.2, 0.25) is 0 Å². The number of hydrogen-bond donors (Lipinski definition) is 0. The maximum atomic E-state index is 4.83. The topological polar surface area (TPSA) is 9.23 Å². The van der Waals surface area contributed by atoms with E-state index in [-0.39, 0.29) is 18.2 Å². The van der Waals surface area contributed by atoms with Gasteiger partial charge < -0.3 is 17.6 Å². The molecule has 1 rings (SSSR count). The van der Waals surface area contributed by atoms with Gasteiger partial charge in [0, 0.05) is 13.2 Å². The van der Waals surface area contributed by atoms with E-state index in [4.69, 9.17) is 4.74 Å². The molecule has 0 aromatic rings. The van der Waals surface area contributed by atoms with Crippen molar-refractivity contribution in [1.29, 1.82) is 0 Å². The predicted octanol–water partition coefficient (Wildman–Crippen LogP) is 3.80.